The van der Waals surface area contributed by atoms with Gasteiger partial charge in [0.2, 0.25) is 0 Å². The van der Waals surface area contributed by atoms with Crippen LogP contribution in [0.2, 0.25) is 5.02 Å². The quantitative estimate of drug-likeness (QED) is 0.567. The molecule has 2 rings (SSSR count). The van der Waals surface area contributed by atoms with E-state index in [1.807, 2.05) is 0 Å². The van der Waals surface area contributed by atoms with E-state index in [9.17, 15) is 13.2 Å². The van der Waals surface area contributed by atoms with Crippen LogP contribution in [0.25, 0.3) is 0 Å². The monoisotopic (exact) mass is 304 g/mol. The summed E-state index contributed by atoms with van der Waals surface area (Å²) in [6.07, 6.45) is 1.93. The molecule has 1 aliphatic rings. The molecule has 1 fully saturated rings. The molecule has 0 amide bonds. The van der Waals surface area contributed by atoms with E-state index in [1.165, 1.54) is 18.9 Å². The molecular formula is C14H16ClF3N2. The number of hydrazone groups is 1. The summed E-state index contributed by atoms with van der Waals surface area (Å²) < 4.78 is 37.9. The number of rotatable bonds is 2. The van der Waals surface area contributed by atoms with E-state index in [1.54, 1.807) is 0 Å². The summed E-state index contributed by atoms with van der Waals surface area (Å²) in [6.45, 7) is 0. The standard InChI is InChI=1S/C14H16ClF3N2/c15-12-8-7-10(14(16,17)18)9-13(12)20-19-11-5-3-1-2-4-6-11/h7-9,20H,1-6H2. The third kappa shape index (κ3) is 4.13. The van der Waals surface area contributed by atoms with Crippen molar-refractivity contribution >= 4 is 23.0 Å². The fourth-order valence-electron chi connectivity index (χ4n) is 2.18. The summed E-state index contributed by atoms with van der Waals surface area (Å²) in [5, 5.41) is 4.44. The molecule has 1 aliphatic carbocycles. The highest BCUT2D eigenvalue weighted by Crippen LogP contribution is 2.33. The Morgan fingerprint density at radius 3 is 2.30 bits per heavy atom. The van der Waals surface area contributed by atoms with Crippen molar-refractivity contribution in [3.05, 3.63) is 28.8 Å². The second-order valence-electron chi connectivity index (χ2n) is 4.90. The van der Waals surface area contributed by atoms with Crippen molar-refractivity contribution in [3.8, 4) is 0 Å². The van der Waals surface area contributed by atoms with Gasteiger partial charge >= 0.3 is 6.18 Å². The van der Waals surface area contributed by atoms with Crippen molar-refractivity contribution in [2.24, 2.45) is 5.10 Å². The lowest BCUT2D eigenvalue weighted by Crippen LogP contribution is -2.06. The topological polar surface area (TPSA) is 24.4 Å². The maximum atomic E-state index is 12.6. The molecule has 1 N–H and O–H groups in total. The molecular weight excluding hydrogens is 289 g/mol. The van der Waals surface area contributed by atoms with E-state index in [-0.39, 0.29) is 10.7 Å². The van der Waals surface area contributed by atoms with E-state index in [4.69, 9.17) is 11.6 Å². The molecule has 0 spiro atoms. The smallest absolute Gasteiger partial charge is 0.277 e. The number of benzene rings is 1. The van der Waals surface area contributed by atoms with E-state index in [2.05, 4.69) is 10.5 Å². The highest BCUT2D eigenvalue weighted by molar-refractivity contribution is 6.33. The molecule has 0 heterocycles. The van der Waals surface area contributed by atoms with Crippen molar-refractivity contribution in [1.82, 2.24) is 0 Å². The zero-order valence-corrected chi connectivity index (χ0v) is 11.7. The van der Waals surface area contributed by atoms with Crippen LogP contribution in [-0.2, 0) is 6.18 Å². The maximum Gasteiger partial charge on any atom is 0.416 e. The van der Waals surface area contributed by atoms with Crippen molar-refractivity contribution in [2.75, 3.05) is 5.43 Å². The molecule has 6 heteroatoms. The first-order valence-corrected chi connectivity index (χ1v) is 7.03. The van der Waals surface area contributed by atoms with E-state index in [0.717, 1.165) is 43.5 Å². The number of nitrogens with zero attached hydrogens (tertiary/aromatic N) is 1. The summed E-state index contributed by atoms with van der Waals surface area (Å²) in [4.78, 5) is 0. The Morgan fingerprint density at radius 2 is 1.70 bits per heavy atom. The Balaban J connectivity index is 2.14. The van der Waals surface area contributed by atoms with Gasteiger partial charge in [0.15, 0.2) is 0 Å². The molecule has 20 heavy (non-hydrogen) atoms. The van der Waals surface area contributed by atoms with Crippen molar-refractivity contribution < 1.29 is 13.2 Å². The molecule has 1 aromatic rings. The Hall–Kier alpha value is -1.23. The maximum absolute atomic E-state index is 12.6. The van der Waals surface area contributed by atoms with Gasteiger partial charge in [-0.3, -0.25) is 5.43 Å². The first-order chi connectivity index (χ1) is 9.47. The van der Waals surface area contributed by atoms with Gasteiger partial charge in [-0.1, -0.05) is 24.4 Å². The van der Waals surface area contributed by atoms with E-state index in [0.29, 0.717) is 0 Å². The molecule has 1 saturated carbocycles. The molecule has 110 valence electrons. The lowest BCUT2D eigenvalue weighted by molar-refractivity contribution is -0.137. The first kappa shape index (κ1) is 15.2. The Kier molecular flexibility index (Phi) is 4.91. The molecule has 2 nitrogen and oxygen atoms in total. The minimum atomic E-state index is -4.38. The van der Waals surface area contributed by atoms with Crippen LogP contribution in [0.3, 0.4) is 0 Å². The predicted octanol–water partition coefficient (Wildman–Crippen LogP) is 5.48. The third-order valence-corrected chi connectivity index (χ3v) is 3.64. The van der Waals surface area contributed by atoms with Gasteiger partial charge in [0.05, 0.1) is 16.3 Å². The fourth-order valence-corrected chi connectivity index (χ4v) is 2.33. The predicted molar refractivity (Wildman–Crippen MR) is 75.2 cm³/mol. The molecule has 0 saturated heterocycles. The van der Waals surface area contributed by atoms with Gasteiger partial charge in [-0.05, 0) is 43.9 Å². The molecule has 1 aromatic carbocycles. The van der Waals surface area contributed by atoms with Crippen molar-refractivity contribution in [3.63, 3.8) is 0 Å². The third-order valence-electron chi connectivity index (χ3n) is 3.31. The fraction of sp³-hybridized carbons (Fsp3) is 0.500. The molecule has 0 aliphatic heterocycles. The molecule has 0 aromatic heterocycles. The Labute approximate surface area is 121 Å². The Bertz CT molecular complexity index is 488. The van der Waals surface area contributed by atoms with Crippen LogP contribution >= 0.6 is 11.6 Å². The largest absolute Gasteiger partial charge is 0.416 e. The van der Waals surface area contributed by atoms with Crippen LogP contribution in [0.15, 0.2) is 23.3 Å². The van der Waals surface area contributed by atoms with E-state index >= 15 is 0 Å². The first-order valence-electron chi connectivity index (χ1n) is 6.65. The number of alkyl halides is 3. The summed E-state index contributed by atoms with van der Waals surface area (Å²) in [7, 11) is 0. The summed E-state index contributed by atoms with van der Waals surface area (Å²) in [6, 6.07) is 3.19. The van der Waals surface area contributed by atoms with Crippen LogP contribution in [0, 0.1) is 0 Å². The highest BCUT2D eigenvalue weighted by Gasteiger charge is 2.30. The number of halogens is 4. The minimum absolute atomic E-state index is 0.193. The lowest BCUT2D eigenvalue weighted by Gasteiger charge is -2.11. The van der Waals surface area contributed by atoms with Crippen molar-refractivity contribution in [2.45, 2.75) is 44.7 Å². The van der Waals surface area contributed by atoms with Gasteiger partial charge in [0.25, 0.3) is 0 Å². The Morgan fingerprint density at radius 1 is 1.05 bits per heavy atom. The number of anilines is 1. The van der Waals surface area contributed by atoms with Gasteiger partial charge in [-0.25, -0.2) is 0 Å². The lowest BCUT2D eigenvalue weighted by atomic mass is 10.2. The molecule has 0 atom stereocenters. The highest BCUT2D eigenvalue weighted by atomic mass is 35.5. The average Bonchev–Trinajstić information content (AvgIpc) is 2.65. The second kappa shape index (κ2) is 6.48. The van der Waals surface area contributed by atoms with Gasteiger partial charge < -0.3 is 0 Å². The molecule has 0 unspecified atom stereocenters. The SMILES string of the molecule is FC(F)(F)c1ccc(Cl)c(NN=C2CCCCCC2)c1. The summed E-state index contributed by atoms with van der Waals surface area (Å²) >= 11 is 5.90. The number of nitrogens with one attached hydrogen (secondary N) is 1. The van der Waals surface area contributed by atoms with Crippen LogP contribution in [0.5, 0.6) is 0 Å². The number of hydrogen-bond acceptors (Lipinski definition) is 2. The van der Waals surface area contributed by atoms with Gasteiger partial charge in [-0.15, -0.1) is 0 Å². The van der Waals surface area contributed by atoms with Gasteiger partial charge in [-0.2, -0.15) is 18.3 Å². The van der Waals surface area contributed by atoms with Crippen LogP contribution in [-0.4, -0.2) is 5.71 Å². The van der Waals surface area contributed by atoms with Gasteiger partial charge in [0.1, 0.15) is 0 Å². The van der Waals surface area contributed by atoms with Crippen LogP contribution < -0.4 is 5.43 Å². The van der Waals surface area contributed by atoms with Gasteiger partial charge in [0, 0.05) is 5.71 Å². The normalized spacial score (nSPS) is 16.7. The minimum Gasteiger partial charge on any atom is -0.277 e. The zero-order valence-electron chi connectivity index (χ0n) is 10.9. The van der Waals surface area contributed by atoms with Crippen molar-refractivity contribution in [1.29, 1.82) is 0 Å². The number of hydrogen-bond donors (Lipinski definition) is 1. The average molecular weight is 305 g/mol. The van der Waals surface area contributed by atoms with E-state index < -0.39 is 11.7 Å². The molecule has 0 radical (unpaired) electrons. The summed E-state index contributed by atoms with van der Waals surface area (Å²) in [5.74, 6) is 0. The van der Waals surface area contributed by atoms with Crippen LogP contribution in [0.1, 0.15) is 44.1 Å². The zero-order chi connectivity index (χ0) is 14.6. The molecule has 0 bridgehead atoms. The van der Waals surface area contributed by atoms with Crippen LogP contribution in [0.4, 0.5) is 18.9 Å². The summed E-state index contributed by atoms with van der Waals surface area (Å²) in [5.41, 5.74) is 3.14. The second-order valence-corrected chi connectivity index (χ2v) is 5.30.